The first-order valence-electron chi connectivity index (χ1n) is 9.69. The number of ether oxygens (including phenoxy) is 2. The van der Waals surface area contributed by atoms with Crippen LogP contribution in [0.25, 0.3) is 0 Å². The lowest BCUT2D eigenvalue weighted by Gasteiger charge is -2.28. The molecule has 0 saturated heterocycles. The van der Waals surface area contributed by atoms with Gasteiger partial charge in [-0.15, -0.1) is 0 Å². The molecule has 3 aromatic carbocycles. The molecule has 3 rings (SSSR count). The number of carbonyl (C=O) groups is 1. The minimum atomic E-state index is -2.31. The van der Waals surface area contributed by atoms with Gasteiger partial charge in [-0.2, -0.15) is 0 Å². The van der Waals surface area contributed by atoms with Crippen molar-refractivity contribution >= 4 is 29.1 Å². The molecule has 0 unspecified atom stereocenters. The van der Waals surface area contributed by atoms with Crippen LogP contribution in [0.4, 0.5) is 0 Å². The third kappa shape index (κ3) is 4.26. The molecule has 0 atom stereocenters. The summed E-state index contributed by atoms with van der Waals surface area (Å²) < 4.78 is 11.4. The van der Waals surface area contributed by atoms with Crippen LogP contribution >= 0.6 is 7.26 Å². The fourth-order valence-electron chi connectivity index (χ4n) is 3.59. The molecule has 0 heterocycles. The van der Waals surface area contributed by atoms with E-state index in [9.17, 15) is 4.79 Å². The Morgan fingerprint density at radius 1 is 0.724 bits per heavy atom. The monoisotopic (exact) mass is 405 g/mol. The van der Waals surface area contributed by atoms with E-state index in [1.807, 2.05) is 32.0 Å². The molecular weight excluding hydrogens is 379 g/mol. The zero-order valence-corrected chi connectivity index (χ0v) is 17.9. The lowest BCUT2D eigenvalue weighted by Crippen LogP contribution is -2.32. The van der Waals surface area contributed by atoms with Crippen molar-refractivity contribution in [2.45, 2.75) is 20.8 Å². The molecule has 0 bridgehead atoms. The summed E-state index contributed by atoms with van der Waals surface area (Å²) in [6.45, 7) is 5.73. The topological polar surface area (TPSA) is 35.5 Å². The highest BCUT2D eigenvalue weighted by Crippen LogP contribution is 2.63. The second kappa shape index (κ2) is 9.54. The maximum absolute atomic E-state index is 11.8. The molecule has 0 aliphatic rings. The summed E-state index contributed by atoms with van der Waals surface area (Å²) in [5.74, 6) is -0.0926. The third-order valence-corrected chi connectivity index (χ3v) is 9.15. The van der Waals surface area contributed by atoms with E-state index in [4.69, 9.17) is 9.47 Å². The predicted molar refractivity (Wildman–Crippen MR) is 121 cm³/mol. The van der Waals surface area contributed by atoms with Crippen molar-refractivity contribution in [1.29, 1.82) is 0 Å². The van der Waals surface area contributed by atoms with Gasteiger partial charge in [0.05, 0.1) is 6.61 Å². The molecule has 0 aromatic heterocycles. The Kier molecular flexibility index (Phi) is 6.85. The number of carbonyl (C=O) groups excluding carboxylic acids is 1. The average Bonchev–Trinajstić information content (AvgIpc) is 2.76. The van der Waals surface area contributed by atoms with Gasteiger partial charge in [-0.1, -0.05) is 54.6 Å². The number of hydrogen-bond donors (Lipinski definition) is 0. The van der Waals surface area contributed by atoms with E-state index >= 15 is 0 Å². The number of hydrogen-bond acceptors (Lipinski definition) is 3. The molecule has 3 aromatic rings. The van der Waals surface area contributed by atoms with Crippen LogP contribution in [0.15, 0.2) is 102 Å². The second-order valence-electron chi connectivity index (χ2n) is 6.58. The highest BCUT2D eigenvalue weighted by molar-refractivity contribution is 7.99. The summed E-state index contributed by atoms with van der Waals surface area (Å²) in [6.07, 6.45) is 0. The van der Waals surface area contributed by atoms with Gasteiger partial charge in [0.2, 0.25) is 0 Å². The van der Waals surface area contributed by atoms with Crippen molar-refractivity contribution < 1.29 is 14.3 Å². The van der Waals surface area contributed by atoms with Crippen LogP contribution in [0.5, 0.6) is 0 Å². The molecular formula is C25H26O3P+. The van der Waals surface area contributed by atoms with Gasteiger partial charge in [0.1, 0.15) is 23.2 Å². The lowest BCUT2D eigenvalue weighted by molar-refractivity contribution is -0.142. The number of rotatable bonds is 7. The first-order valence-corrected chi connectivity index (χ1v) is 11.5. The minimum absolute atomic E-state index is 0.296. The Balaban J connectivity index is 2.44. The Morgan fingerprint density at radius 3 is 1.41 bits per heavy atom. The zero-order valence-electron chi connectivity index (χ0n) is 17.0. The van der Waals surface area contributed by atoms with Crippen LogP contribution in [0.2, 0.25) is 0 Å². The first kappa shape index (κ1) is 20.8. The second-order valence-corrected chi connectivity index (χ2v) is 10.1. The minimum Gasteiger partial charge on any atom is -0.463 e. The zero-order chi connectivity index (χ0) is 20.7. The van der Waals surface area contributed by atoms with E-state index in [1.54, 1.807) is 0 Å². The molecule has 0 N–H and O–H groups in total. The molecule has 0 spiro atoms. The fourth-order valence-corrected chi connectivity index (χ4v) is 7.89. The SMILES string of the molecule is CCO/C(OC(C)=O)=C(/C)[P+](c1ccccc1)(c1ccccc1)c1ccccc1. The third-order valence-electron chi connectivity index (χ3n) is 4.74. The lowest BCUT2D eigenvalue weighted by atomic mass is 10.4. The standard InChI is InChI=1S/C25H26O3P/c1-4-27-25(28-21(3)26)20(2)29(22-14-8-5-9-15-22,23-16-10-6-11-17-23)24-18-12-7-13-19-24/h5-19H,4H2,1-3H3/q+1/b25-20+. The van der Waals surface area contributed by atoms with E-state index in [0.29, 0.717) is 12.6 Å². The van der Waals surface area contributed by atoms with Crippen molar-refractivity contribution in [3.8, 4) is 0 Å². The fraction of sp³-hybridized carbons (Fsp3) is 0.160. The predicted octanol–water partition coefficient (Wildman–Crippen LogP) is 4.77. The van der Waals surface area contributed by atoms with Crippen LogP contribution in [0.1, 0.15) is 20.8 Å². The van der Waals surface area contributed by atoms with Crippen molar-refractivity contribution in [2.24, 2.45) is 0 Å². The summed E-state index contributed by atoms with van der Waals surface area (Å²) in [6, 6.07) is 31.2. The van der Waals surface area contributed by atoms with Gasteiger partial charge in [0.25, 0.3) is 0 Å². The molecule has 3 nitrogen and oxygen atoms in total. The van der Waals surface area contributed by atoms with Crippen molar-refractivity contribution in [3.05, 3.63) is 102 Å². The quantitative estimate of drug-likeness (QED) is 0.323. The van der Waals surface area contributed by atoms with Gasteiger partial charge in [0, 0.05) is 13.8 Å². The molecule has 0 fully saturated rings. The summed E-state index contributed by atoms with van der Waals surface area (Å²) >= 11 is 0. The number of benzene rings is 3. The van der Waals surface area contributed by atoms with Gasteiger partial charge >= 0.3 is 11.9 Å². The molecule has 0 amide bonds. The van der Waals surface area contributed by atoms with Crippen LogP contribution < -0.4 is 15.9 Å². The summed E-state index contributed by atoms with van der Waals surface area (Å²) in [7, 11) is -2.31. The normalized spacial score (nSPS) is 12.1. The Labute approximate surface area is 173 Å². The van der Waals surface area contributed by atoms with Crippen LogP contribution in [-0.4, -0.2) is 12.6 Å². The highest BCUT2D eigenvalue weighted by Gasteiger charge is 2.50. The Hall–Kier alpha value is -2.90. The molecule has 29 heavy (non-hydrogen) atoms. The number of esters is 1. The summed E-state index contributed by atoms with van der Waals surface area (Å²) in [4.78, 5) is 11.8. The van der Waals surface area contributed by atoms with Gasteiger partial charge in [0.15, 0.2) is 5.31 Å². The maximum Gasteiger partial charge on any atom is 0.328 e. The van der Waals surface area contributed by atoms with Crippen molar-refractivity contribution in [3.63, 3.8) is 0 Å². The smallest absolute Gasteiger partial charge is 0.328 e. The van der Waals surface area contributed by atoms with Gasteiger partial charge in [-0.3, -0.25) is 4.79 Å². The average molecular weight is 405 g/mol. The number of allylic oxidation sites excluding steroid dienone is 1. The summed E-state index contributed by atoms with van der Waals surface area (Å²) in [5, 5.41) is 4.47. The van der Waals surface area contributed by atoms with E-state index in [1.165, 1.54) is 22.8 Å². The maximum atomic E-state index is 11.8. The molecule has 0 aliphatic carbocycles. The Morgan fingerprint density at radius 2 is 1.10 bits per heavy atom. The first-order chi connectivity index (χ1) is 14.1. The van der Waals surface area contributed by atoms with Crippen LogP contribution in [-0.2, 0) is 14.3 Å². The van der Waals surface area contributed by atoms with Gasteiger partial charge in [-0.25, -0.2) is 0 Å². The Bertz CT molecular complexity index is 870. The summed E-state index contributed by atoms with van der Waals surface area (Å²) in [5.41, 5.74) is 0. The van der Waals surface area contributed by atoms with E-state index < -0.39 is 7.26 Å². The van der Waals surface area contributed by atoms with Crippen molar-refractivity contribution in [2.75, 3.05) is 6.61 Å². The highest BCUT2D eigenvalue weighted by atomic mass is 31.2. The van der Waals surface area contributed by atoms with E-state index in [-0.39, 0.29) is 5.97 Å². The molecule has 0 aliphatic heterocycles. The van der Waals surface area contributed by atoms with Gasteiger partial charge in [-0.05, 0) is 43.3 Å². The van der Waals surface area contributed by atoms with Crippen LogP contribution in [0.3, 0.4) is 0 Å². The molecule has 4 heteroatoms. The van der Waals surface area contributed by atoms with E-state index in [2.05, 4.69) is 72.8 Å². The molecule has 0 radical (unpaired) electrons. The van der Waals surface area contributed by atoms with Gasteiger partial charge < -0.3 is 9.47 Å². The molecule has 0 saturated carbocycles. The largest absolute Gasteiger partial charge is 0.463 e. The molecule has 148 valence electrons. The van der Waals surface area contributed by atoms with Crippen LogP contribution in [0, 0.1) is 0 Å². The van der Waals surface area contributed by atoms with Crippen molar-refractivity contribution in [1.82, 2.24) is 0 Å². The van der Waals surface area contributed by atoms with E-state index in [0.717, 1.165) is 5.31 Å².